The molecule has 5 fully saturated rings. The number of H-pyrrole nitrogens is 1. The van der Waals surface area contributed by atoms with Crippen LogP contribution >= 0.6 is 11.6 Å². The molecule has 4 atom stereocenters. The number of nitrogens with zero attached hydrogens (tertiary/aromatic N) is 6. The lowest BCUT2D eigenvalue weighted by Crippen LogP contribution is -2.60. The van der Waals surface area contributed by atoms with Gasteiger partial charge in [-0.15, -0.1) is 0 Å². The van der Waals surface area contributed by atoms with Gasteiger partial charge < -0.3 is 48.7 Å². The molecule has 7 aliphatic rings. The standard InChI is InChI=1S/C59H64ClF2N9O10S/c1-34(2)80-51-6-4-3-5-41(51)50-31-68(55-43(61)24-37(60)25-44(55)62)18-19-69(50)39-29-59(30-39)13-16-67(17-14-59)38-7-8-42(47(26-38)70-46-12-22-78-33-53(46)81-58-49(70)23-36-9-15-63-56(36)65-58)57(72)66-82(75,76)40-27-48(71(73)74)54-52(28-40)79-32-45(64-54)35-10-20-77-21-11-35/h3-9,15,23-28,34-35,39,45-46,50,53,64H,10-14,16-22,29-33H2,1-2H3,(H,63,65)(H,66,72)/t45-,46-,50-,53-/m0/s1. The van der Waals surface area contributed by atoms with Gasteiger partial charge in [0.25, 0.3) is 21.6 Å². The SMILES string of the molecule is CC(C)Oc1ccccc1[C@@H]1CN(c2c(F)cc(Cl)cc2F)CCN1C1CC2(CCN(c3ccc(C(=O)NS(=O)(=O)c4cc5c(c([N+](=O)[O-])c4)N[C@H](C4CCOCC4)CO5)c(N4c5cc6cc[nH]c6nc5O[C@H]5COCC[C@@H]54)c3)CC2)C1. The Morgan fingerprint density at radius 2 is 1.68 bits per heavy atom. The number of ether oxygens (including phenoxy) is 5. The van der Waals surface area contributed by atoms with E-state index in [2.05, 4.69) is 30.9 Å². The fourth-order valence-corrected chi connectivity index (χ4v) is 14.9. The Kier molecular flexibility index (Phi) is 14.3. The van der Waals surface area contributed by atoms with Gasteiger partial charge in [-0.25, -0.2) is 21.9 Å². The first-order valence-electron chi connectivity index (χ1n) is 28.3. The number of aromatic amines is 1. The highest BCUT2D eigenvalue weighted by atomic mass is 35.5. The van der Waals surface area contributed by atoms with Crippen molar-refractivity contribution in [1.82, 2.24) is 19.6 Å². The van der Waals surface area contributed by atoms with Crippen LogP contribution in [0.1, 0.15) is 80.8 Å². The lowest BCUT2D eigenvalue weighted by atomic mass is 9.59. The number of hydrogen-bond acceptors (Lipinski definition) is 16. The minimum atomic E-state index is -4.75. The first-order chi connectivity index (χ1) is 39.6. The zero-order valence-corrected chi connectivity index (χ0v) is 47.0. The van der Waals surface area contributed by atoms with Crippen molar-refractivity contribution in [2.24, 2.45) is 11.3 Å². The summed E-state index contributed by atoms with van der Waals surface area (Å²) < 4.78 is 92.5. The van der Waals surface area contributed by atoms with Gasteiger partial charge >= 0.3 is 0 Å². The van der Waals surface area contributed by atoms with E-state index >= 15 is 8.78 Å². The van der Waals surface area contributed by atoms with E-state index < -0.39 is 49.2 Å². The summed E-state index contributed by atoms with van der Waals surface area (Å²) in [6.07, 6.45) is 6.89. The molecule has 2 aromatic heterocycles. The number of piperazine rings is 1. The fourth-order valence-electron chi connectivity index (χ4n) is 13.7. The Hall–Kier alpha value is -6.98. The number of carbonyl (C=O) groups is 1. The monoisotopic (exact) mass is 1160 g/mol. The van der Waals surface area contributed by atoms with Crippen LogP contribution < -0.4 is 38.9 Å². The van der Waals surface area contributed by atoms with E-state index in [1.807, 2.05) is 61.2 Å². The van der Waals surface area contributed by atoms with Gasteiger partial charge in [-0.3, -0.25) is 19.8 Å². The third kappa shape index (κ3) is 10.2. The summed E-state index contributed by atoms with van der Waals surface area (Å²) >= 11 is 6.06. The second-order valence-electron chi connectivity index (χ2n) is 23.1. The van der Waals surface area contributed by atoms with E-state index in [0.717, 1.165) is 79.1 Å². The predicted octanol–water partition coefficient (Wildman–Crippen LogP) is 9.91. The largest absolute Gasteiger partial charge is 0.491 e. The van der Waals surface area contributed by atoms with Gasteiger partial charge in [0, 0.05) is 98.6 Å². The van der Waals surface area contributed by atoms with E-state index in [4.69, 9.17) is 40.3 Å². The van der Waals surface area contributed by atoms with Crippen LogP contribution in [-0.2, 0) is 19.5 Å². The van der Waals surface area contributed by atoms with Crippen LogP contribution in [0, 0.1) is 33.1 Å². The summed E-state index contributed by atoms with van der Waals surface area (Å²) in [7, 11) is -4.75. The lowest BCUT2D eigenvalue weighted by molar-refractivity contribution is -0.384. The summed E-state index contributed by atoms with van der Waals surface area (Å²) in [6, 6.07) is 21.1. The molecular weight excluding hydrogens is 1100 g/mol. The second kappa shape index (κ2) is 21.6. The molecule has 0 unspecified atom stereocenters. The molecule has 0 bridgehead atoms. The van der Waals surface area contributed by atoms with E-state index in [0.29, 0.717) is 81.9 Å². The summed E-state index contributed by atoms with van der Waals surface area (Å²) in [5, 5.41) is 16.7. The number of piperidine rings is 1. The number of fused-ring (bicyclic) bond motifs is 4. The van der Waals surface area contributed by atoms with Gasteiger partial charge in [-0.1, -0.05) is 29.8 Å². The first kappa shape index (κ1) is 54.3. The molecular formula is C59H64ClF2N9O10S. The van der Waals surface area contributed by atoms with Crippen molar-refractivity contribution in [2.75, 3.05) is 85.8 Å². The Labute approximate surface area is 478 Å². The maximum Gasteiger partial charge on any atom is 0.297 e. The molecule has 19 nitrogen and oxygen atoms in total. The second-order valence-corrected chi connectivity index (χ2v) is 25.2. The average molecular weight is 1160 g/mol. The Balaban J connectivity index is 0.783. The normalized spacial score (nSPS) is 23.0. The van der Waals surface area contributed by atoms with Gasteiger partial charge in [0.2, 0.25) is 5.88 Å². The Morgan fingerprint density at radius 1 is 0.915 bits per heavy atom. The number of hydrogen-bond donors (Lipinski definition) is 3. The van der Waals surface area contributed by atoms with E-state index in [-0.39, 0.29) is 82.5 Å². The highest BCUT2D eigenvalue weighted by Crippen LogP contribution is 2.54. The van der Waals surface area contributed by atoms with Crippen molar-refractivity contribution in [3.63, 3.8) is 0 Å². The molecule has 82 heavy (non-hydrogen) atoms. The van der Waals surface area contributed by atoms with E-state index in [1.54, 1.807) is 17.2 Å². The number of para-hydroxylation sites is 1. The Morgan fingerprint density at radius 3 is 2.45 bits per heavy atom. The molecule has 23 heteroatoms. The highest BCUT2D eigenvalue weighted by molar-refractivity contribution is 7.90. The lowest BCUT2D eigenvalue weighted by Gasteiger charge is -2.58. The quantitative estimate of drug-likeness (QED) is 0.0770. The fraction of sp³-hybridized carbons (Fsp3) is 0.458. The van der Waals surface area contributed by atoms with Crippen molar-refractivity contribution < 1.29 is 50.6 Å². The minimum Gasteiger partial charge on any atom is -0.491 e. The molecule has 1 saturated carbocycles. The molecule has 13 rings (SSSR count). The third-order valence-corrected chi connectivity index (χ3v) is 19.3. The summed E-state index contributed by atoms with van der Waals surface area (Å²) in [5.41, 5.74) is 3.05. The molecule has 6 aromatic rings. The molecule has 4 saturated heterocycles. The zero-order valence-electron chi connectivity index (χ0n) is 45.5. The van der Waals surface area contributed by atoms with Crippen LogP contribution in [0.5, 0.6) is 17.4 Å². The number of halogens is 3. The first-order valence-corrected chi connectivity index (χ1v) is 30.1. The van der Waals surface area contributed by atoms with Crippen LogP contribution in [0.4, 0.5) is 42.9 Å². The number of nitro groups is 1. The van der Waals surface area contributed by atoms with Gasteiger partial charge in [-0.05, 0) is 119 Å². The molecule has 1 aliphatic carbocycles. The predicted molar refractivity (Wildman–Crippen MR) is 305 cm³/mol. The number of carbonyl (C=O) groups excluding carboxylic acids is 1. The van der Waals surface area contributed by atoms with Crippen LogP contribution in [0.15, 0.2) is 90.0 Å². The van der Waals surface area contributed by atoms with Gasteiger partial charge in [0.1, 0.15) is 35.5 Å². The van der Waals surface area contributed by atoms with Crippen LogP contribution in [0.25, 0.3) is 11.0 Å². The molecule has 8 heterocycles. The summed E-state index contributed by atoms with van der Waals surface area (Å²) in [5.74, 6) is -1.12. The third-order valence-electron chi connectivity index (χ3n) is 17.8. The van der Waals surface area contributed by atoms with Crippen molar-refractivity contribution in [3.8, 4) is 17.4 Å². The van der Waals surface area contributed by atoms with Crippen molar-refractivity contribution in [1.29, 1.82) is 0 Å². The van der Waals surface area contributed by atoms with Crippen LogP contribution in [0.3, 0.4) is 0 Å². The number of nitrogens with one attached hydrogen (secondary N) is 3. The molecule has 1 amide bonds. The number of benzene rings is 4. The molecule has 1 spiro atoms. The maximum atomic E-state index is 15.5. The molecule has 4 aromatic carbocycles. The maximum absolute atomic E-state index is 15.5. The van der Waals surface area contributed by atoms with Crippen molar-refractivity contribution in [3.05, 3.63) is 123 Å². The smallest absolute Gasteiger partial charge is 0.297 e. The number of aromatic nitrogens is 2. The molecule has 0 radical (unpaired) electrons. The molecule has 6 aliphatic heterocycles. The van der Waals surface area contributed by atoms with Crippen molar-refractivity contribution >= 4 is 72.7 Å². The van der Waals surface area contributed by atoms with E-state index in [9.17, 15) is 23.3 Å². The average Bonchev–Trinajstić information content (AvgIpc) is 2.69. The summed E-state index contributed by atoms with van der Waals surface area (Å²) in [4.78, 5) is 43.0. The van der Waals surface area contributed by atoms with Crippen LogP contribution in [-0.4, -0.2) is 130 Å². The molecule has 432 valence electrons. The number of rotatable bonds is 12. The van der Waals surface area contributed by atoms with Gasteiger partial charge in [-0.2, -0.15) is 4.98 Å². The number of anilines is 5. The number of amides is 1. The van der Waals surface area contributed by atoms with Crippen molar-refractivity contribution in [2.45, 2.75) is 100 Å². The Bertz CT molecular complexity index is 3550. The highest BCUT2D eigenvalue weighted by Gasteiger charge is 2.51. The number of nitro benzene ring substituents is 1. The number of pyridine rings is 1. The number of sulfonamides is 1. The van der Waals surface area contributed by atoms with Gasteiger partial charge in [0.05, 0.1) is 51.9 Å². The topological polar surface area (TPSA) is 206 Å². The van der Waals surface area contributed by atoms with E-state index in [1.165, 1.54) is 6.07 Å². The summed E-state index contributed by atoms with van der Waals surface area (Å²) in [6.45, 7) is 8.71. The zero-order chi connectivity index (χ0) is 56.6. The van der Waals surface area contributed by atoms with Crippen LogP contribution in [0.2, 0.25) is 5.02 Å². The van der Waals surface area contributed by atoms with Gasteiger partial charge in [0.15, 0.2) is 23.1 Å². The molecule has 3 N–H and O–H groups in total. The minimum absolute atomic E-state index is 0.000958.